The topological polar surface area (TPSA) is 95.3 Å². The molecule has 1 aromatic carbocycles. The highest BCUT2D eigenvalue weighted by Crippen LogP contribution is 2.33. The molecule has 5 heterocycles. The van der Waals surface area contributed by atoms with E-state index in [1.54, 1.807) is 29.2 Å². The van der Waals surface area contributed by atoms with Gasteiger partial charge in [-0.25, -0.2) is 14.4 Å². The molecule has 0 radical (unpaired) electrons. The summed E-state index contributed by atoms with van der Waals surface area (Å²) < 4.78 is 28.1. The Labute approximate surface area is 232 Å². The number of ether oxygens (including phenoxy) is 2. The molecule has 2 fully saturated rings. The molecule has 0 aliphatic carbocycles. The fourth-order valence-corrected chi connectivity index (χ4v) is 5.75. The molecule has 0 bridgehead atoms. The summed E-state index contributed by atoms with van der Waals surface area (Å²) in [5.74, 6) is 0.162. The third-order valence-electron chi connectivity index (χ3n) is 7.81. The molecule has 1 unspecified atom stereocenters. The van der Waals surface area contributed by atoms with Crippen LogP contribution in [0.1, 0.15) is 60.5 Å². The fourth-order valence-electron chi connectivity index (χ4n) is 5.75. The van der Waals surface area contributed by atoms with Crippen LogP contribution in [0.4, 0.5) is 10.1 Å². The second-order valence-electron chi connectivity index (χ2n) is 10.6. The molecule has 0 amide bonds. The van der Waals surface area contributed by atoms with Gasteiger partial charge in [0.15, 0.2) is 5.65 Å². The first kappa shape index (κ1) is 26.3. The quantitative estimate of drug-likeness (QED) is 0.346. The lowest BCUT2D eigenvalue weighted by molar-refractivity contribution is -0.108. The van der Waals surface area contributed by atoms with Gasteiger partial charge in [-0.15, -0.1) is 0 Å². The minimum absolute atomic E-state index is 0.0165. The molecule has 0 N–H and O–H groups in total. The lowest BCUT2D eigenvalue weighted by Crippen LogP contribution is -2.36. The van der Waals surface area contributed by atoms with Crippen LogP contribution in [-0.2, 0) is 11.3 Å². The van der Waals surface area contributed by atoms with Gasteiger partial charge in [0.25, 0.3) is 5.56 Å². The molecule has 2 aliphatic rings. The average molecular weight is 545 g/mol. The Hall–Kier alpha value is -3.92. The Morgan fingerprint density at radius 2 is 1.90 bits per heavy atom. The number of rotatable bonds is 6. The van der Waals surface area contributed by atoms with E-state index in [1.807, 2.05) is 26.0 Å². The van der Waals surface area contributed by atoms with Crippen molar-refractivity contribution in [2.75, 3.05) is 24.6 Å². The van der Waals surface area contributed by atoms with Gasteiger partial charge in [-0.3, -0.25) is 19.3 Å². The number of piperidine rings is 1. The van der Waals surface area contributed by atoms with E-state index in [0.717, 1.165) is 37.7 Å². The van der Waals surface area contributed by atoms with Gasteiger partial charge in [-0.2, -0.15) is 0 Å². The molecule has 208 valence electrons. The molecule has 1 atom stereocenters. The summed E-state index contributed by atoms with van der Waals surface area (Å²) in [6.07, 6.45) is 8.78. The van der Waals surface area contributed by atoms with Crippen molar-refractivity contribution in [2.24, 2.45) is 0 Å². The highest BCUT2D eigenvalue weighted by atomic mass is 19.1. The van der Waals surface area contributed by atoms with E-state index >= 15 is 0 Å². The van der Waals surface area contributed by atoms with Crippen LogP contribution in [-0.4, -0.2) is 50.5 Å². The van der Waals surface area contributed by atoms with Crippen LogP contribution in [0.5, 0.6) is 5.88 Å². The molecule has 9 nitrogen and oxygen atoms in total. The number of halogens is 1. The number of anilines is 1. The SMILES string of the molecule is Cc1cnc2cc(C3CCN(c4c(C)cccc4F)CC3)c(=O)n(Cc3nccnc3OC3CCCCO3)c2n1. The summed E-state index contributed by atoms with van der Waals surface area (Å²) in [7, 11) is 0. The molecule has 0 saturated carbocycles. The van der Waals surface area contributed by atoms with Crippen molar-refractivity contribution in [3.63, 3.8) is 0 Å². The highest BCUT2D eigenvalue weighted by molar-refractivity contribution is 5.71. The minimum Gasteiger partial charge on any atom is -0.446 e. The van der Waals surface area contributed by atoms with Crippen molar-refractivity contribution in [3.05, 3.63) is 81.5 Å². The maximum atomic E-state index is 14.6. The first-order valence-electron chi connectivity index (χ1n) is 13.9. The van der Waals surface area contributed by atoms with Gasteiger partial charge in [0.2, 0.25) is 12.2 Å². The zero-order valence-electron chi connectivity index (χ0n) is 22.8. The highest BCUT2D eigenvalue weighted by Gasteiger charge is 2.27. The number of para-hydroxylation sites is 1. The second kappa shape index (κ2) is 11.3. The van der Waals surface area contributed by atoms with E-state index in [4.69, 9.17) is 9.47 Å². The lowest BCUT2D eigenvalue weighted by atomic mass is 9.89. The third-order valence-corrected chi connectivity index (χ3v) is 7.81. The van der Waals surface area contributed by atoms with Crippen molar-refractivity contribution in [1.29, 1.82) is 0 Å². The lowest BCUT2D eigenvalue weighted by Gasteiger charge is -2.34. The number of nitrogens with zero attached hydrogens (tertiary/aromatic N) is 6. The molecule has 40 heavy (non-hydrogen) atoms. The van der Waals surface area contributed by atoms with Crippen molar-refractivity contribution < 1.29 is 13.9 Å². The molecular weight excluding hydrogens is 511 g/mol. The minimum atomic E-state index is -0.380. The Morgan fingerprint density at radius 1 is 1.07 bits per heavy atom. The van der Waals surface area contributed by atoms with Crippen molar-refractivity contribution >= 4 is 16.9 Å². The summed E-state index contributed by atoms with van der Waals surface area (Å²) in [6, 6.07) is 7.04. The van der Waals surface area contributed by atoms with Gasteiger partial charge in [0, 0.05) is 43.7 Å². The summed E-state index contributed by atoms with van der Waals surface area (Å²) in [5, 5.41) is 0. The van der Waals surface area contributed by atoms with Crippen molar-refractivity contribution in [3.8, 4) is 5.88 Å². The first-order chi connectivity index (χ1) is 19.5. The molecule has 3 aromatic heterocycles. The van der Waals surface area contributed by atoms with E-state index < -0.39 is 0 Å². The molecule has 10 heteroatoms. The average Bonchev–Trinajstić information content (AvgIpc) is 2.96. The van der Waals surface area contributed by atoms with E-state index in [1.165, 1.54) is 6.07 Å². The van der Waals surface area contributed by atoms with Crippen LogP contribution in [0.25, 0.3) is 11.2 Å². The zero-order valence-corrected chi connectivity index (χ0v) is 22.8. The number of aromatic nitrogens is 5. The normalized spacial score (nSPS) is 18.3. The van der Waals surface area contributed by atoms with Gasteiger partial charge in [-0.1, -0.05) is 12.1 Å². The molecule has 4 aromatic rings. The Morgan fingerprint density at radius 3 is 2.67 bits per heavy atom. The van der Waals surface area contributed by atoms with E-state index in [0.29, 0.717) is 59.4 Å². The Balaban J connectivity index is 1.32. The van der Waals surface area contributed by atoms with Crippen LogP contribution in [0, 0.1) is 19.7 Å². The number of pyridine rings is 1. The van der Waals surface area contributed by atoms with Gasteiger partial charge in [-0.05, 0) is 63.1 Å². The number of hydrogen-bond donors (Lipinski definition) is 0. The van der Waals surface area contributed by atoms with Crippen LogP contribution in [0.3, 0.4) is 0 Å². The van der Waals surface area contributed by atoms with E-state index in [9.17, 15) is 9.18 Å². The third kappa shape index (κ3) is 5.28. The smallest absolute Gasteiger partial charge is 0.256 e. The summed E-state index contributed by atoms with van der Waals surface area (Å²) in [6.45, 7) is 5.89. The number of aryl methyl sites for hydroxylation is 2. The monoisotopic (exact) mass is 544 g/mol. The predicted molar refractivity (Wildman–Crippen MR) is 149 cm³/mol. The van der Waals surface area contributed by atoms with Gasteiger partial charge >= 0.3 is 0 Å². The Kier molecular flexibility index (Phi) is 7.42. The van der Waals surface area contributed by atoms with E-state index in [2.05, 4.69) is 24.8 Å². The standard InChI is InChI=1S/C30H33FN6O3/c1-19-6-5-7-23(31)27(19)36-13-9-21(10-14-36)22-16-24-28(35-20(2)17-34-24)37(30(22)38)18-25-29(33-12-11-32-25)40-26-8-3-4-15-39-26/h5-7,11-12,16-17,21,26H,3-4,8-10,13-15,18H2,1-2H3. The fraction of sp³-hybridized carbons (Fsp3) is 0.433. The number of hydrogen-bond acceptors (Lipinski definition) is 8. The van der Waals surface area contributed by atoms with Gasteiger partial charge in [0.1, 0.15) is 17.0 Å². The molecule has 2 saturated heterocycles. The molecular formula is C30H33FN6O3. The maximum Gasteiger partial charge on any atom is 0.256 e. The largest absolute Gasteiger partial charge is 0.446 e. The summed E-state index contributed by atoms with van der Waals surface area (Å²) in [5.41, 5.74) is 4.52. The second-order valence-corrected chi connectivity index (χ2v) is 10.6. The van der Waals surface area contributed by atoms with E-state index in [-0.39, 0.29) is 30.1 Å². The van der Waals surface area contributed by atoms with Crippen molar-refractivity contribution in [1.82, 2.24) is 24.5 Å². The number of benzene rings is 1. The van der Waals surface area contributed by atoms with Crippen LogP contribution >= 0.6 is 0 Å². The maximum absolute atomic E-state index is 14.6. The summed E-state index contributed by atoms with van der Waals surface area (Å²) >= 11 is 0. The molecule has 6 rings (SSSR count). The Bertz CT molecular complexity index is 1560. The molecule has 0 spiro atoms. The zero-order chi connectivity index (χ0) is 27.6. The molecule has 2 aliphatic heterocycles. The van der Waals surface area contributed by atoms with Crippen LogP contribution in [0.2, 0.25) is 0 Å². The predicted octanol–water partition coefficient (Wildman–Crippen LogP) is 4.68. The van der Waals surface area contributed by atoms with Gasteiger partial charge < -0.3 is 14.4 Å². The van der Waals surface area contributed by atoms with Crippen molar-refractivity contribution in [2.45, 2.75) is 64.7 Å². The number of fused-ring (bicyclic) bond motifs is 1. The summed E-state index contributed by atoms with van der Waals surface area (Å²) in [4.78, 5) is 34.4. The van der Waals surface area contributed by atoms with Gasteiger partial charge in [0.05, 0.1) is 24.5 Å². The van der Waals surface area contributed by atoms with Crippen LogP contribution in [0.15, 0.2) is 47.7 Å². The first-order valence-corrected chi connectivity index (χ1v) is 13.9. The van der Waals surface area contributed by atoms with Crippen LogP contribution < -0.4 is 15.2 Å².